The van der Waals surface area contributed by atoms with Gasteiger partial charge in [-0.3, -0.25) is 0 Å². The van der Waals surface area contributed by atoms with Gasteiger partial charge in [-0.05, 0) is 86.5 Å². The molecule has 0 aromatic heterocycles. The van der Waals surface area contributed by atoms with Crippen molar-refractivity contribution in [3.8, 4) is 0 Å². The second kappa shape index (κ2) is 12.9. The van der Waals surface area contributed by atoms with Crippen molar-refractivity contribution in [3.63, 3.8) is 0 Å². The van der Waals surface area contributed by atoms with E-state index in [0.717, 1.165) is 42.9 Å². The Bertz CT molecular complexity index is 854. The molecular formula is C33H50O2. The molecule has 0 spiro atoms. The van der Waals surface area contributed by atoms with Crippen LogP contribution in [-0.4, -0.2) is 12.1 Å². The largest absolute Gasteiger partial charge is 0.459 e. The lowest BCUT2D eigenvalue weighted by Gasteiger charge is -2.44. The van der Waals surface area contributed by atoms with Gasteiger partial charge in [0.05, 0.1) is 0 Å². The van der Waals surface area contributed by atoms with Gasteiger partial charge in [0.2, 0.25) is 0 Å². The molecule has 2 nitrogen and oxygen atoms in total. The normalized spacial score (nSPS) is 32.7. The second-order valence-electron chi connectivity index (χ2n) is 12.1. The Kier molecular flexibility index (Phi) is 10.3. The summed E-state index contributed by atoms with van der Waals surface area (Å²) in [6, 6.07) is 0. The van der Waals surface area contributed by atoms with Crippen LogP contribution in [0.25, 0.3) is 0 Å². The quantitative estimate of drug-likeness (QED) is 0.187. The highest BCUT2D eigenvalue weighted by atomic mass is 16.5. The minimum absolute atomic E-state index is 0.0490. The van der Waals surface area contributed by atoms with E-state index >= 15 is 0 Å². The maximum absolute atomic E-state index is 12.1. The van der Waals surface area contributed by atoms with Gasteiger partial charge < -0.3 is 4.74 Å². The molecule has 3 fully saturated rings. The van der Waals surface area contributed by atoms with Crippen LogP contribution in [0.5, 0.6) is 0 Å². The Hall–Kier alpha value is -1.83. The average Bonchev–Trinajstić information content (AvgIpc) is 3.17. The summed E-state index contributed by atoms with van der Waals surface area (Å²) >= 11 is 0. The Labute approximate surface area is 215 Å². The maximum Gasteiger partial charge on any atom is 0.331 e. The number of carbonyl (C=O) groups is 1. The third kappa shape index (κ3) is 7.34. The fraction of sp³-hybridized carbons (Fsp3) is 0.667. The molecule has 0 aliphatic heterocycles. The van der Waals surface area contributed by atoms with Gasteiger partial charge in [0.1, 0.15) is 6.10 Å². The van der Waals surface area contributed by atoms with E-state index in [1.165, 1.54) is 68.6 Å². The highest BCUT2D eigenvalue weighted by Crippen LogP contribution is 2.60. The summed E-state index contributed by atoms with van der Waals surface area (Å²) in [4.78, 5) is 12.1. The summed E-state index contributed by atoms with van der Waals surface area (Å²) < 4.78 is 5.72. The molecule has 0 radical (unpaired) electrons. The molecule has 0 unspecified atom stereocenters. The highest BCUT2D eigenvalue weighted by Gasteiger charge is 2.50. The van der Waals surface area contributed by atoms with Crippen LogP contribution in [0, 0.1) is 29.1 Å². The molecule has 3 saturated carbocycles. The van der Waals surface area contributed by atoms with Crippen LogP contribution in [-0.2, 0) is 9.53 Å². The predicted octanol–water partition coefficient (Wildman–Crippen LogP) is 9.30. The van der Waals surface area contributed by atoms with Crippen LogP contribution in [0.4, 0.5) is 0 Å². The minimum Gasteiger partial charge on any atom is -0.459 e. The van der Waals surface area contributed by atoms with E-state index in [1.54, 1.807) is 11.6 Å². The molecule has 0 amide bonds. The highest BCUT2D eigenvalue weighted by molar-refractivity contribution is 5.82. The van der Waals surface area contributed by atoms with Crippen LogP contribution in [0.15, 0.2) is 59.8 Å². The predicted molar refractivity (Wildman–Crippen MR) is 149 cm³/mol. The number of carbonyl (C=O) groups excluding carboxylic acids is 1. The summed E-state index contributed by atoms with van der Waals surface area (Å²) in [5, 5.41) is 0. The Balaban J connectivity index is 1.66. The van der Waals surface area contributed by atoms with Crippen LogP contribution in [0.2, 0.25) is 0 Å². The van der Waals surface area contributed by atoms with Gasteiger partial charge in [0, 0.05) is 12.5 Å². The molecule has 2 heteroatoms. The molecule has 5 atom stereocenters. The average molecular weight is 479 g/mol. The third-order valence-corrected chi connectivity index (χ3v) is 9.15. The van der Waals surface area contributed by atoms with E-state index in [9.17, 15) is 4.79 Å². The van der Waals surface area contributed by atoms with Crippen molar-refractivity contribution in [1.29, 1.82) is 0 Å². The summed E-state index contributed by atoms with van der Waals surface area (Å²) in [7, 11) is 0. The Morgan fingerprint density at radius 3 is 2.66 bits per heavy atom. The van der Waals surface area contributed by atoms with Crippen molar-refractivity contribution in [3.05, 3.63) is 59.8 Å². The van der Waals surface area contributed by atoms with Crippen LogP contribution in [0.3, 0.4) is 0 Å². The summed E-state index contributed by atoms with van der Waals surface area (Å²) in [5.74, 6) is 2.99. The lowest BCUT2D eigenvalue weighted by molar-refractivity contribution is -0.143. The van der Waals surface area contributed by atoms with Crippen LogP contribution < -0.4 is 0 Å². The zero-order valence-electron chi connectivity index (χ0n) is 23.2. The van der Waals surface area contributed by atoms with E-state index in [4.69, 9.17) is 4.74 Å². The van der Waals surface area contributed by atoms with Crippen molar-refractivity contribution >= 4 is 5.97 Å². The fourth-order valence-electron chi connectivity index (χ4n) is 7.19. The number of ether oxygens (including phenoxy) is 1. The molecule has 0 aromatic carbocycles. The second-order valence-corrected chi connectivity index (χ2v) is 12.1. The first-order valence-electron chi connectivity index (χ1n) is 14.3. The van der Waals surface area contributed by atoms with Crippen LogP contribution >= 0.6 is 0 Å². The number of allylic oxidation sites excluding steroid dienone is 7. The Morgan fingerprint density at radius 2 is 1.91 bits per heavy atom. The van der Waals surface area contributed by atoms with Crippen molar-refractivity contribution in [2.24, 2.45) is 29.1 Å². The van der Waals surface area contributed by atoms with Gasteiger partial charge in [-0.1, -0.05) is 95.1 Å². The molecule has 3 aliphatic carbocycles. The number of fused-ring (bicyclic) bond motifs is 1. The first kappa shape index (κ1) is 27.8. The minimum atomic E-state index is -0.249. The molecule has 0 saturated heterocycles. The van der Waals surface area contributed by atoms with E-state index in [0.29, 0.717) is 5.41 Å². The van der Waals surface area contributed by atoms with E-state index in [2.05, 4.69) is 46.4 Å². The fourth-order valence-corrected chi connectivity index (χ4v) is 7.19. The molecule has 194 valence electrons. The molecule has 0 N–H and O–H groups in total. The first-order chi connectivity index (χ1) is 16.7. The van der Waals surface area contributed by atoms with E-state index < -0.39 is 0 Å². The zero-order chi connectivity index (χ0) is 25.4. The molecule has 35 heavy (non-hydrogen) atoms. The monoisotopic (exact) mass is 478 g/mol. The van der Waals surface area contributed by atoms with E-state index in [-0.39, 0.29) is 12.1 Å². The Morgan fingerprint density at radius 1 is 1.11 bits per heavy atom. The van der Waals surface area contributed by atoms with Crippen LogP contribution in [0.1, 0.15) is 105 Å². The number of rotatable bonds is 9. The summed E-state index contributed by atoms with van der Waals surface area (Å²) in [5.41, 5.74) is 4.59. The van der Waals surface area contributed by atoms with Gasteiger partial charge >= 0.3 is 5.97 Å². The molecule has 0 heterocycles. The number of hydrogen-bond acceptors (Lipinski definition) is 2. The van der Waals surface area contributed by atoms with Gasteiger partial charge in [0.25, 0.3) is 0 Å². The van der Waals surface area contributed by atoms with Gasteiger partial charge in [-0.15, -0.1) is 0 Å². The van der Waals surface area contributed by atoms with Crippen molar-refractivity contribution in [1.82, 2.24) is 0 Å². The zero-order valence-corrected chi connectivity index (χ0v) is 23.2. The lowest BCUT2D eigenvalue weighted by atomic mass is 9.60. The van der Waals surface area contributed by atoms with Crippen molar-refractivity contribution in [2.45, 2.75) is 111 Å². The van der Waals surface area contributed by atoms with Gasteiger partial charge in [-0.25, -0.2) is 4.79 Å². The topological polar surface area (TPSA) is 26.3 Å². The van der Waals surface area contributed by atoms with Crippen molar-refractivity contribution < 1.29 is 9.53 Å². The molecule has 3 aliphatic rings. The standard InChI is InChI=1S/C33H50O2/c1-7-8-9-15-32(34)35-29-19-16-25(4)28(23-29)18-17-27-14-11-22-33(6)30(20-21-31(27)33)26(5)13-10-12-24(2)3/h7-9,15,17-18,24,26,29-31H,4,10-14,16,19-23H2,1-3,5-6H3/b8-7+,15-9+,27-17?,28-18-/t26-,29+,30-,31+,33-/m1/s1. The summed E-state index contributed by atoms with van der Waals surface area (Å²) in [6.45, 7) is 16.1. The van der Waals surface area contributed by atoms with Crippen molar-refractivity contribution in [2.75, 3.05) is 0 Å². The molecule has 3 rings (SSSR count). The third-order valence-electron chi connectivity index (χ3n) is 9.15. The lowest BCUT2D eigenvalue weighted by Crippen LogP contribution is -2.36. The number of hydrogen-bond donors (Lipinski definition) is 0. The first-order valence-corrected chi connectivity index (χ1v) is 14.3. The van der Waals surface area contributed by atoms with E-state index in [1.807, 2.05) is 19.1 Å². The molecule has 0 bridgehead atoms. The SMILES string of the molecule is C=C1CC[C@H](OC(=O)/C=C/C=C/C)C/C1=C/C=C1CCC[C@]2(C)[C@@H]([C@H](C)CCCC(C)C)CC[C@@H]12. The van der Waals surface area contributed by atoms with Gasteiger partial charge in [-0.2, -0.15) is 0 Å². The molecule has 0 aromatic rings. The number of esters is 1. The smallest absolute Gasteiger partial charge is 0.331 e. The summed E-state index contributed by atoms with van der Waals surface area (Å²) in [6.07, 6.45) is 25.1. The maximum atomic E-state index is 12.1. The van der Waals surface area contributed by atoms with Gasteiger partial charge in [0.15, 0.2) is 0 Å². The molecular weight excluding hydrogens is 428 g/mol.